The van der Waals surface area contributed by atoms with E-state index >= 15 is 0 Å². The lowest BCUT2D eigenvalue weighted by molar-refractivity contribution is -0.119. The van der Waals surface area contributed by atoms with Gasteiger partial charge in [-0.2, -0.15) is 23.9 Å². The van der Waals surface area contributed by atoms with E-state index in [9.17, 15) is 17.6 Å². The van der Waals surface area contributed by atoms with Gasteiger partial charge in [0.05, 0.1) is 18.8 Å². The average molecular weight is 321 g/mol. The van der Waals surface area contributed by atoms with Crippen LogP contribution in [0.5, 0.6) is 0 Å². The topological polar surface area (TPSA) is 105 Å². The molecule has 22 heavy (non-hydrogen) atoms. The molecule has 0 spiro atoms. The largest absolute Gasteiger partial charge is 0.370 e. The molecule has 0 radical (unpaired) electrons. The maximum absolute atomic E-state index is 12.7. The van der Waals surface area contributed by atoms with E-state index in [1.54, 1.807) is 0 Å². The first-order valence-electron chi connectivity index (χ1n) is 6.35. The fourth-order valence-electron chi connectivity index (χ4n) is 1.35. The maximum Gasteiger partial charge on any atom is 0.326 e. The molecular formula is C11H15F4N7. The van der Waals surface area contributed by atoms with Crippen molar-refractivity contribution >= 4 is 11.8 Å². The van der Waals surface area contributed by atoms with Crippen LogP contribution in [0.1, 0.15) is 19.3 Å². The van der Waals surface area contributed by atoms with Crippen molar-refractivity contribution in [1.82, 2.24) is 15.0 Å². The Balaban J connectivity index is 2.46. The first-order valence-corrected chi connectivity index (χ1v) is 6.35. The quantitative estimate of drug-likeness (QED) is 0.327. The summed E-state index contributed by atoms with van der Waals surface area (Å²) < 4.78 is 49.2. The van der Waals surface area contributed by atoms with Crippen LogP contribution in [0.2, 0.25) is 0 Å². The van der Waals surface area contributed by atoms with Crippen LogP contribution in [0.25, 0.3) is 0 Å². The van der Waals surface area contributed by atoms with Gasteiger partial charge in [0.2, 0.25) is 0 Å². The molecule has 1 aromatic rings. The smallest absolute Gasteiger partial charge is 0.326 e. The third-order valence-electron chi connectivity index (χ3n) is 2.47. The summed E-state index contributed by atoms with van der Waals surface area (Å²) in [6.45, 7) is -0.949. The molecule has 3 N–H and O–H groups in total. The highest BCUT2D eigenvalue weighted by atomic mass is 19.3. The molecule has 0 fully saturated rings. The van der Waals surface area contributed by atoms with E-state index in [1.807, 2.05) is 6.07 Å². The van der Waals surface area contributed by atoms with Crippen LogP contribution in [0.3, 0.4) is 0 Å². The van der Waals surface area contributed by atoms with E-state index in [0.29, 0.717) is 25.8 Å². The number of hydrogen-bond donors (Lipinski definition) is 2. The first-order chi connectivity index (χ1) is 10.3. The Hall–Kier alpha value is -2.38. The number of halogens is 4. The van der Waals surface area contributed by atoms with Crippen LogP contribution in [-0.2, 0) is 6.54 Å². The summed E-state index contributed by atoms with van der Waals surface area (Å²) in [7, 11) is 0. The number of aromatic nitrogens is 3. The SMILES string of the molecule is N#CCCCCn1ncc(NC(N)=NCC(F)(F)C(F)F)n1. The van der Waals surface area contributed by atoms with E-state index in [-0.39, 0.29) is 5.82 Å². The fourth-order valence-corrected chi connectivity index (χ4v) is 1.35. The molecule has 0 saturated carbocycles. The molecule has 0 atom stereocenters. The highest BCUT2D eigenvalue weighted by Crippen LogP contribution is 2.22. The summed E-state index contributed by atoms with van der Waals surface area (Å²) >= 11 is 0. The van der Waals surface area contributed by atoms with Crippen LogP contribution in [0.15, 0.2) is 11.2 Å². The molecule has 0 aliphatic heterocycles. The Morgan fingerprint density at radius 3 is 2.86 bits per heavy atom. The van der Waals surface area contributed by atoms with E-state index in [4.69, 9.17) is 11.0 Å². The minimum Gasteiger partial charge on any atom is -0.370 e. The van der Waals surface area contributed by atoms with Crippen LogP contribution in [-0.4, -0.2) is 39.8 Å². The molecule has 1 rings (SSSR count). The number of rotatable bonds is 8. The van der Waals surface area contributed by atoms with Gasteiger partial charge in [-0.05, 0) is 12.8 Å². The molecule has 0 unspecified atom stereocenters. The van der Waals surface area contributed by atoms with Gasteiger partial charge in [-0.1, -0.05) is 0 Å². The molecule has 1 aromatic heterocycles. The zero-order valence-corrected chi connectivity index (χ0v) is 11.5. The second-order valence-corrected chi connectivity index (χ2v) is 4.33. The minimum atomic E-state index is -4.23. The van der Waals surface area contributed by atoms with Crippen molar-refractivity contribution in [1.29, 1.82) is 5.26 Å². The van der Waals surface area contributed by atoms with Gasteiger partial charge in [0, 0.05) is 6.42 Å². The normalized spacial score (nSPS) is 12.5. The Morgan fingerprint density at radius 1 is 1.50 bits per heavy atom. The third kappa shape index (κ3) is 5.94. The van der Waals surface area contributed by atoms with Gasteiger partial charge in [0.1, 0.15) is 6.54 Å². The van der Waals surface area contributed by atoms with Gasteiger partial charge in [-0.15, -0.1) is 5.10 Å². The van der Waals surface area contributed by atoms with Crippen LogP contribution in [0.4, 0.5) is 23.4 Å². The lowest BCUT2D eigenvalue weighted by Gasteiger charge is -2.12. The van der Waals surface area contributed by atoms with Crippen LogP contribution in [0, 0.1) is 11.3 Å². The third-order valence-corrected chi connectivity index (χ3v) is 2.47. The van der Waals surface area contributed by atoms with Gasteiger partial charge in [-0.25, -0.2) is 13.8 Å². The summed E-state index contributed by atoms with van der Waals surface area (Å²) in [5, 5.41) is 18.6. The number of aliphatic imine (C=N–C) groups is 1. The van der Waals surface area contributed by atoms with Crippen molar-refractivity contribution < 1.29 is 17.6 Å². The second-order valence-electron chi connectivity index (χ2n) is 4.33. The second kappa shape index (κ2) is 8.16. The maximum atomic E-state index is 12.7. The van der Waals surface area contributed by atoms with Gasteiger partial charge >= 0.3 is 12.3 Å². The Morgan fingerprint density at radius 2 is 2.23 bits per heavy atom. The summed E-state index contributed by atoms with van der Waals surface area (Å²) in [6.07, 6.45) is -0.681. The summed E-state index contributed by atoms with van der Waals surface area (Å²) in [6, 6.07) is 2.01. The van der Waals surface area contributed by atoms with E-state index in [0.717, 1.165) is 0 Å². The summed E-state index contributed by atoms with van der Waals surface area (Å²) in [5.74, 6) is -4.54. The monoisotopic (exact) mass is 321 g/mol. The van der Waals surface area contributed by atoms with Gasteiger partial charge in [0.15, 0.2) is 11.8 Å². The predicted octanol–water partition coefficient (Wildman–Crippen LogP) is 1.60. The molecule has 7 nitrogen and oxygen atoms in total. The zero-order chi connectivity index (χ0) is 16.6. The number of anilines is 1. The number of nitrogens with one attached hydrogen (secondary N) is 1. The lowest BCUT2D eigenvalue weighted by Crippen LogP contribution is -2.32. The van der Waals surface area contributed by atoms with E-state index < -0.39 is 24.9 Å². The van der Waals surface area contributed by atoms with Crippen molar-refractivity contribution in [2.45, 2.75) is 38.2 Å². The van der Waals surface area contributed by atoms with Crippen molar-refractivity contribution in [2.75, 3.05) is 11.9 Å². The van der Waals surface area contributed by atoms with Crippen molar-refractivity contribution in [3.63, 3.8) is 0 Å². The highest BCUT2D eigenvalue weighted by Gasteiger charge is 2.40. The molecule has 0 saturated heterocycles. The number of nitrogens with zero attached hydrogens (tertiary/aromatic N) is 5. The summed E-state index contributed by atoms with van der Waals surface area (Å²) in [5.41, 5.74) is 5.31. The molecule has 1 heterocycles. The Kier molecular flexibility index (Phi) is 6.55. The molecule has 0 aromatic carbocycles. The molecule has 11 heteroatoms. The summed E-state index contributed by atoms with van der Waals surface area (Å²) in [4.78, 5) is 4.48. The standard InChI is InChI=1S/C11H15F4N7/c12-9(13)11(14,15)7-18-10(17)20-8-6-19-22(21-8)5-3-1-2-4-16/h6,9H,1-3,5,7H2,(H3,17,18,20,21). The van der Waals surface area contributed by atoms with Crippen LogP contribution < -0.4 is 11.1 Å². The number of aryl methyl sites for hydroxylation is 1. The zero-order valence-electron chi connectivity index (χ0n) is 11.5. The molecule has 0 aliphatic carbocycles. The Labute approximate surface area is 123 Å². The molecule has 0 aliphatic rings. The van der Waals surface area contributed by atoms with Crippen molar-refractivity contribution in [3.05, 3.63) is 6.20 Å². The lowest BCUT2D eigenvalue weighted by atomic mass is 10.2. The molecular weight excluding hydrogens is 306 g/mol. The van der Waals surface area contributed by atoms with E-state index in [2.05, 4.69) is 20.5 Å². The number of nitrogens with two attached hydrogens (primary N) is 1. The highest BCUT2D eigenvalue weighted by molar-refractivity contribution is 5.91. The molecule has 0 bridgehead atoms. The number of guanidine groups is 1. The predicted molar refractivity (Wildman–Crippen MR) is 70.5 cm³/mol. The van der Waals surface area contributed by atoms with Crippen LogP contribution >= 0.6 is 0 Å². The Bertz CT molecular complexity index is 535. The molecule has 0 amide bonds. The number of nitriles is 1. The van der Waals surface area contributed by atoms with E-state index in [1.165, 1.54) is 11.0 Å². The molecule has 122 valence electrons. The van der Waals surface area contributed by atoms with Gasteiger partial charge < -0.3 is 11.1 Å². The fraction of sp³-hybridized carbons (Fsp3) is 0.636. The first kappa shape index (κ1) is 17.7. The van der Waals surface area contributed by atoms with Crippen molar-refractivity contribution in [3.8, 4) is 6.07 Å². The van der Waals surface area contributed by atoms with Gasteiger partial charge in [-0.3, -0.25) is 0 Å². The minimum absolute atomic E-state index is 0.155. The number of hydrogen-bond acceptors (Lipinski definition) is 4. The number of alkyl halides is 4. The average Bonchev–Trinajstić information content (AvgIpc) is 2.89. The number of unbranched alkanes of at least 4 members (excludes halogenated alkanes) is 2. The van der Waals surface area contributed by atoms with Gasteiger partial charge in [0.25, 0.3) is 0 Å². The van der Waals surface area contributed by atoms with Crippen molar-refractivity contribution in [2.24, 2.45) is 10.7 Å².